The van der Waals surface area contributed by atoms with Gasteiger partial charge in [-0.3, -0.25) is 4.79 Å². The molecule has 2 rings (SSSR count). The van der Waals surface area contributed by atoms with Crippen molar-refractivity contribution in [1.82, 2.24) is 9.55 Å². The summed E-state index contributed by atoms with van der Waals surface area (Å²) in [7, 11) is 0. The molecule has 94 valence electrons. The van der Waals surface area contributed by atoms with Gasteiger partial charge < -0.3 is 10.3 Å². The molecule has 1 aromatic carbocycles. The maximum atomic E-state index is 13.4. The van der Waals surface area contributed by atoms with Crippen LogP contribution in [0.15, 0.2) is 30.7 Å². The number of aryl methyl sites for hydroxylation is 1. The van der Waals surface area contributed by atoms with Crippen molar-refractivity contribution >= 4 is 5.78 Å². The number of hydrogen-bond acceptors (Lipinski definition) is 3. The van der Waals surface area contributed by atoms with Crippen LogP contribution in [0.2, 0.25) is 0 Å². The predicted molar refractivity (Wildman–Crippen MR) is 65.9 cm³/mol. The zero-order chi connectivity index (χ0) is 13.1. The highest BCUT2D eigenvalue weighted by Gasteiger charge is 2.13. The second-order valence-corrected chi connectivity index (χ2v) is 4.08. The summed E-state index contributed by atoms with van der Waals surface area (Å²) in [4.78, 5) is 16.1. The highest BCUT2D eigenvalue weighted by atomic mass is 19.1. The topological polar surface area (TPSA) is 60.9 Å². The Kier molecular flexibility index (Phi) is 3.53. The third-order valence-electron chi connectivity index (χ3n) is 2.69. The van der Waals surface area contributed by atoms with E-state index >= 15 is 0 Å². The van der Waals surface area contributed by atoms with Crippen molar-refractivity contribution < 1.29 is 9.18 Å². The smallest absolute Gasteiger partial charge is 0.213 e. The number of nitrogens with two attached hydrogens (primary N) is 1. The molecular formula is C13H14FN3O. The number of rotatable bonds is 4. The highest BCUT2D eigenvalue weighted by molar-refractivity contribution is 6.07. The minimum absolute atomic E-state index is 0.287. The number of benzene rings is 1. The molecule has 0 spiro atoms. The zero-order valence-corrected chi connectivity index (χ0v) is 10.1. The van der Waals surface area contributed by atoms with Gasteiger partial charge >= 0.3 is 0 Å². The van der Waals surface area contributed by atoms with Gasteiger partial charge in [0.15, 0.2) is 0 Å². The summed E-state index contributed by atoms with van der Waals surface area (Å²) >= 11 is 0. The van der Waals surface area contributed by atoms with Crippen LogP contribution in [0.1, 0.15) is 21.6 Å². The maximum absolute atomic E-state index is 13.4. The molecule has 0 atom stereocenters. The summed E-state index contributed by atoms with van der Waals surface area (Å²) in [5, 5.41) is 0. The van der Waals surface area contributed by atoms with Crippen molar-refractivity contribution in [2.45, 2.75) is 13.5 Å². The van der Waals surface area contributed by atoms with Gasteiger partial charge in [-0.1, -0.05) is 12.1 Å². The van der Waals surface area contributed by atoms with E-state index in [1.807, 2.05) is 0 Å². The van der Waals surface area contributed by atoms with Crippen LogP contribution >= 0.6 is 0 Å². The second-order valence-electron chi connectivity index (χ2n) is 4.08. The van der Waals surface area contributed by atoms with E-state index in [0.29, 0.717) is 29.9 Å². The molecular weight excluding hydrogens is 233 g/mol. The lowest BCUT2D eigenvalue weighted by molar-refractivity contribution is 0.103. The Balaban J connectivity index is 2.26. The quantitative estimate of drug-likeness (QED) is 0.833. The molecule has 0 amide bonds. The van der Waals surface area contributed by atoms with Crippen LogP contribution in [0.25, 0.3) is 0 Å². The van der Waals surface area contributed by atoms with Crippen molar-refractivity contribution in [1.29, 1.82) is 0 Å². The van der Waals surface area contributed by atoms with E-state index in [1.54, 1.807) is 36.1 Å². The third kappa shape index (κ3) is 2.46. The lowest BCUT2D eigenvalue weighted by Gasteiger charge is -2.00. The fraction of sp³-hybridized carbons (Fsp3) is 0.231. The van der Waals surface area contributed by atoms with Crippen LogP contribution in [0.5, 0.6) is 0 Å². The van der Waals surface area contributed by atoms with Gasteiger partial charge in [0, 0.05) is 24.8 Å². The van der Waals surface area contributed by atoms with Crippen LogP contribution in [0.3, 0.4) is 0 Å². The number of aromatic nitrogens is 2. The highest BCUT2D eigenvalue weighted by Crippen LogP contribution is 2.13. The Morgan fingerprint density at radius 3 is 2.94 bits per heavy atom. The van der Waals surface area contributed by atoms with E-state index in [9.17, 15) is 9.18 Å². The summed E-state index contributed by atoms with van der Waals surface area (Å²) in [5.41, 5.74) is 6.52. The first kappa shape index (κ1) is 12.4. The van der Waals surface area contributed by atoms with Crippen LogP contribution in [-0.4, -0.2) is 21.9 Å². The second kappa shape index (κ2) is 5.10. The summed E-state index contributed by atoms with van der Waals surface area (Å²) in [5.74, 6) is -0.674. The van der Waals surface area contributed by atoms with Crippen molar-refractivity contribution in [3.05, 3.63) is 53.4 Å². The van der Waals surface area contributed by atoms with Gasteiger partial charge in [-0.25, -0.2) is 9.37 Å². The predicted octanol–water partition coefficient (Wildman–Crippen LogP) is 1.52. The molecule has 0 unspecified atom stereocenters. The minimum atomic E-state index is -0.387. The number of hydrogen-bond donors (Lipinski definition) is 1. The molecule has 0 fully saturated rings. The van der Waals surface area contributed by atoms with Crippen LogP contribution in [0, 0.1) is 12.7 Å². The molecule has 0 aliphatic rings. The van der Waals surface area contributed by atoms with Gasteiger partial charge in [0.1, 0.15) is 11.5 Å². The number of imidazole rings is 1. The summed E-state index contributed by atoms with van der Waals surface area (Å²) in [6.45, 7) is 2.73. The molecule has 2 aromatic rings. The molecule has 18 heavy (non-hydrogen) atoms. The molecule has 0 saturated heterocycles. The van der Waals surface area contributed by atoms with Crippen LogP contribution < -0.4 is 5.73 Å². The first-order valence-electron chi connectivity index (χ1n) is 5.64. The molecule has 0 aliphatic carbocycles. The SMILES string of the molecule is Cc1ccc(C(=O)c2cn(CCN)cn2)cc1F. The average molecular weight is 247 g/mol. The molecule has 5 heteroatoms. The molecule has 1 heterocycles. The van der Waals surface area contributed by atoms with E-state index in [2.05, 4.69) is 4.98 Å². The molecule has 0 saturated carbocycles. The van der Waals surface area contributed by atoms with E-state index in [4.69, 9.17) is 5.73 Å². The summed E-state index contributed by atoms with van der Waals surface area (Å²) in [6.07, 6.45) is 3.16. The fourth-order valence-electron chi connectivity index (χ4n) is 1.63. The van der Waals surface area contributed by atoms with E-state index in [1.165, 1.54) is 6.07 Å². The minimum Gasteiger partial charge on any atom is -0.335 e. The Hall–Kier alpha value is -2.01. The van der Waals surface area contributed by atoms with Gasteiger partial charge in [0.05, 0.1) is 6.33 Å². The Morgan fingerprint density at radius 2 is 2.28 bits per heavy atom. The van der Waals surface area contributed by atoms with Crippen LogP contribution in [-0.2, 0) is 6.54 Å². The maximum Gasteiger partial charge on any atom is 0.213 e. The van der Waals surface area contributed by atoms with Crippen molar-refractivity contribution in [3.8, 4) is 0 Å². The molecule has 1 aromatic heterocycles. The first-order valence-corrected chi connectivity index (χ1v) is 5.64. The van der Waals surface area contributed by atoms with Gasteiger partial charge in [-0.15, -0.1) is 0 Å². The lowest BCUT2D eigenvalue weighted by Crippen LogP contribution is -2.08. The van der Waals surface area contributed by atoms with E-state index in [0.717, 1.165) is 0 Å². The first-order chi connectivity index (χ1) is 8.61. The van der Waals surface area contributed by atoms with Gasteiger partial charge in [0.2, 0.25) is 5.78 Å². The van der Waals surface area contributed by atoms with Crippen LogP contribution in [0.4, 0.5) is 4.39 Å². The van der Waals surface area contributed by atoms with E-state index in [-0.39, 0.29) is 11.6 Å². The summed E-state index contributed by atoms with van der Waals surface area (Å²) in [6, 6.07) is 4.42. The van der Waals surface area contributed by atoms with Crippen molar-refractivity contribution in [2.75, 3.05) is 6.54 Å². The Labute approximate surface area is 104 Å². The number of ketones is 1. The van der Waals surface area contributed by atoms with Gasteiger partial charge in [-0.05, 0) is 18.6 Å². The van der Waals surface area contributed by atoms with Gasteiger partial charge in [0.25, 0.3) is 0 Å². The standard InChI is InChI=1S/C13H14FN3O/c1-9-2-3-10(6-11(9)14)13(18)12-7-17(5-4-15)8-16-12/h2-3,6-8H,4-5,15H2,1H3. The van der Waals surface area contributed by atoms with Crippen molar-refractivity contribution in [3.63, 3.8) is 0 Å². The molecule has 4 nitrogen and oxygen atoms in total. The number of carbonyl (C=O) groups excluding carboxylic acids is 1. The Bertz CT molecular complexity index is 577. The van der Waals surface area contributed by atoms with E-state index < -0.39 is 0 Å². The largest absolute Gasteiger partial charge is 0.335 e. The number of nitrogens with zero attached hydrogens (tertiary/aromatic N) is 2. The monoisotopic (exact) mass is 247 g/mol. The van der Waals surface area contributed by atoms with Gasteiger partial charge in [-0.2, -0.15) is 0 Å². The molecule has 0 aliphatic heterocycles. The third-order valence-corrected chi connectivity index (χ3v) is 2.69. The number of carbonyl (C=O) groups is 1. The number of halogens is 1. The lowest BCUT2D eigenvalue weighted by atomic mass is 10.1. The normalized spacial score (nSPS) is 10.6. The van der Waals surface area contributed by atoms with Crippen molar-refractivity contribution in [2.24, 2.45) is 5.73 Å². The average Bonchev–Trinajstić information content (AvgIpc) is 2.81. The fourth-order valence-corrected chi connectivity index (χ4v) is 1.63. The summed E-state index contributed by atoms with van der Waals surface area (Å²) < 4.78 is 15.1. The zero-order valence-electron chi connectivity index (χ0n) is 10.1. The molecule has 0 radical (unpaired) electrons. The molecule has 0 bridgehead atoms. The Morgan fingerprint density at radius 1 is 1.50 bits per heavy atom. The molecule has 2 N–H and O–H groups in total.